The van der Waals surface area contributed by atoms with Crippen LogP contribution in [0.5, 0.6) is 0 Å². The molecule has 0 saturated heterocycles. The number of likely N-dealkylation sites (N-methyl/N-ethyl adjacent to an activating group) is 1. The van der Waals surface area contributed by atoms with E-state index < -0.39 is 5.97 Å². The van der Waals surface area contributed by atoms with Crippen LogP contribution in [0, 0.1) is 0 Å². The molecule has 0 unspecified atom stereocenters. The molecule has 0 heterocycles. The van der Waals surface area contributed by atoms with Gasteiger partial charge in [-0.15, -0.1) is 0 Å². The maximum Gasteiger partial charge on any atom is 0.328 e. The molecule has 0 spiro atoms. The lowest BCUT2D eigenvalue weighted by atomic mass is 10.4. The summed E-state index contributed by atoms with van der Waals surface area (Å²) in [5.41, 5.74) is 0. The summed E-state index contributed by atoms with van der Waals surface area (Å²) in [6.07, 6.45) is 4.01. The van der Waals surface area contributed by atoms with Crippen LogP contribution in [-0.2, 0) is 9.59 Å². The van der Waals surface area contributed by atoms with Gasteiger partial charge in [0.2, 0.25) is 5.91 Å². The first kappa shape index (κ1) is 8.77. The van der Waals surface area contributed by atoms with Crippen molar-refractivity contribution < 1.29 is 14.7 Å². The van der Waals surface area contributed by atoms with E-state index in [0.29, 0.717) is 6.04 Å². The Morgan fingerprint density at radius 1 is 1.42 bits per heavy atom. The highest BCUT2D eigenvalue weighted by Gasteiger charge is 2.28. The Bertz CT molecular complexity index is 230. The zero-order valence-corrected chi connectivity index (χ0v) is 6.86. The van der Waals surface area contributed by atoms with Crippen molar-refractivity contribution in [2.75, 3.05) is 7.05 Å². The molecule has 1 saturated carbocycles. The van der Waals surface area contributed by atoms with E-state index in [9.17, 15) is 9.59 Å². The minimum absolute atomic E-state index is 0.236. The van der Waals surface area contributed by atoms with E-state index in [1.807, 2.05) is 0 Å². The fourth-order valence-corrected chi connectivity index (χ4v) is 0.902. The fourth-order valence-electron chi connectivity index (χ4n) is 0.902. The first-order chi connectivity index (χ1) is 5.61. The van der Waals surface area contributed by atoms with Crippen molar-refractivity contribution in [2.24, 2.45) is 0 Å². The van der Waals surface area contributed by atoms with E-state index in [1.165, 1.54) is 0 Å². The molecule has 4 heteroatoms. The Morgan fingerprint density at radius 3 is 2.42 bits per heavy atom. The Balaban J connectivity index is 2.41. The lowest BCUT2D eigenvalue weighted by Gasteiger charge is -2.12. The van der Waals surface area contributed by atoms with E-state index in [4.69, 9.17) is 5.11 Å². The standard InChI is InChI=1S/C8H11NO3/c1-9(6-2-3-6)7(10)4-5-8(11)12/h4-6H,2-3H2,1H3,(H,11,12)/b5-4+. The summed E-state index contributed by atoms with van der Waals surface area (Å²) >= 11 is 0. The number of aliphatic carboxylic acids is 1. The van der Waals surface area contributed by atoms with Gasteiger partial charge in [0.15, 0.2) is 0 Å². The number of carbonyl (C=O) groups excluding carboxylic acids is 1. The predicted molar refractivity (Wildman–Crippen MR) is 42.6 cm³/mol. The monoisotopic (exact) mass is 169 g/mol. The number of hydrogen-bond donors (Lipinski definition) is 1. The Morgan fingerprint density at radius 2 is 2.00 bits per heavy atom. The molecule has 0 bridgehead atoms. The van der Waals surface area contributed by atoms with Crippen LogP contribution in [0.25, 0.3) is 0 Å². The van der Waals surface area contributed by atoms with Crippen molar-refractivity contribution in [3.05, 3.63) is 12.2 Å². The van der Waals surface area contributed by atoms with Gasteiger partial charge in [-0.2, -0.15) is 0 Å². The summed E-state index contributed by atoms with van der Waals surface area (Å²) in [6.45, 7) is 0. The number of amides is 1. The maximum absolute atomic E-state index is 11.1. The summed E-state index contributed by atoms with van der Waals surface area (Å²) in [5, 5.41) is 8.24. The molecule has 12 heavy (non-hydrogen) atoms. The molecule has 0 aliphatic heterocycles. The minimum Gasteiger partial charge on any atom is -0.478 e. The van der Waals surface area contributed by atoms with Crippen LogP contribution in [-0.4, -0.2) is 35.0 Å². The van der Waals surface area contributed by atoms with Gasteiger partial charge in [-0.1, -0.05) is 0 Å². The topological polar surface area (TPSA) is 57.6 Å². The number of rotatable bonds is 3. The molecule has 1 fully saturated rings. The SMILES string of the molecule is CN(C(=O)/C=C/C(=O)O)C1CC1. The second kappa shape index (κ2) is 3.38. The summed E-state index contributed by atoms with van der Waals surface area (Å²) in [4.78, 5) is 22.7. The van der Waals surface area contributed by atoms with E-state index in [1.54, 1.807) is 11.9 Å². The predicted octanol–water partition coefficient (Wildman–Crippen LogP) is 0.248. The number of carboxylic acids is 1. The van der Waals surface area contributed by atoms with Gasteiger partial charge < -0.3 is 10.0 Å². The van der Waals surface area contributed by atoms with Crippen LogP contribution < -0.4 is 0 Å². The molecule has 0 aromatic heterocycles. The van der Waals surface area contributed by atoms with E-state index in [2.05, 4.69) is 0 Å². The van der Waals surface area contributed by atoms with Gasteiger partial charge in [0.05, 0.1) is 0 Å². The van der Waals surface area contributed by atoms with Crippen LogP contribution in [0.15, 0.2) is 12.2 Å². The quantitative estimate of drug-likeness (QED) is 0.616. The molecule has 0 radical (unpaired) electrons. The molecule has 4 nitrogen and oxygen atoms in total. The average molecular weight is 169 g/mol. The average Bonchev–Trinajstić information content (AvgIpc) is 2.80. The summed E-state index contributed by atoms with van der Waals surface area (Å²) in [6, 6.07) is 0.330. The fraction of sp³-hybridized carbons (Fsp3) is 0.500. The summed E-state index contributed by atoms with van der Waals surface area (Å²) < 4.78 is 0. The second-order valence-corrected chi connectivity index (χ2v) is 2.85. The molecule has 0 atom stereocenters. The van der Waals surface area contributed by atoms with Crippen LogP contribution in [0.4, 0.5) is 0 Å². The lowest BCUT2D eigenvalue weighted by molar-refractivity contribution is -0.132. The second-order valence-electron chi connectivity index (χ2n) is 2.85. The van der Waals surface area contributed by atoms with E-state index in [0.717, 1.165) is 25.0 Å². The third kappa shape index (κ3) is 2.38. The Hall–Kier alpha value is -1.32. The normalized spacial score (nSPS) is 16.4. The molecule has 1 amide bonds. The van der Waals surface area contributed by atoms with Gasteiger partial charge in [0.25, 0.3) is 0 Å². The molecular weight excluding hydrogens is 158 g/mol. The summed E-state index contributed by atoms with van der Waals surface area (Å²) in [5.74, 6) is -1.33. The van der Waals surface area contributed by atoms with Crippen LogP contribution in [0.2, 0.25) is 0 Å². The molecule has 1 N–H and O–H groups in total. The molecule has 66 valence electrons. The number of nitrogens with zero attached hydrogens (tertiary/aromatic N) is 1. The van der Waals surface area contributed by atoms with Gasteiger partial charge in [-0.3, -0.25) is 4.79 Å². The molecule has 0 aromatic rings. The molecule has 0 aromatic carbocycles. The van der Waals surface area contributed by atoms with Crippen molar-refractivity contribution in [1.82, 2.24) is 4.90 Å². The largest absolute Gasteiger partial charge is 0.478 e. The van der Waals surface area contributed by atoms with E-state index >= 15 is 0 Å². The summed E-state index contributed by atoms with van der Waals surface area (Å²) in [7, 11) is 1.69. The van der Waals surface area contributed by atoms with Crippen molar-refractivity contribution in [3.8, 4) is 0 Å². The Kier molecular flexibility index (Phi) is 2.47. The van der Waals surface area contributed by atoms with Gasteiger partial charge in [-0.05, 0) is 12.8 Å². The maximum atomic E-state index is 11.1. The highest BCUT2D eigenvalue weighted by molar-refractivity contribution is 5.94. The zero-order chi connectivity index (χ0) is 9.14. The van der Waals surface area contributed by atoms with Crippen molar-refractivity contribution >= 4 is 11.9 Å². The molecule has 1 aliphatic rings. The minimum atomic E-state index is -1.09. The van der Waals surface area contributed by atoms with Crippen LogP contribution in [0.3, 0.4) is 0 Å². The highest BCUT2D eigenvalue weighted by Crippen LogP contribution is 2.25. The van der Waals surface area contributed by atoms with Crippen LogP contribution in [0.1, 0.15) is 12.8 Å². The Labute approximate surface area is 70.5 Å². The van der Waals surface area contributed by atoms with E-state index in [-0.39, 0.29) is 5.91 Å². The van der Waals surface area contributed by atoms with Crippen molar-refractivity contribution in [2.45, 2.75) is 18.9 Å². The van der Waals surface area contributed by atoms with Crippen LogP contribution >= 0.6 is 0 Å². The first-order valence-electron chi connectivity index (χ1n) is 3.79. The lowest BCUT2D eigenvalue weighted by Crippen LogP contribution is -2.26. The number of carboxylic acid groups (broad SMARTS) is 1. The number of carbonyl (C=O) groups is 2. The van der Waals surface area contributed by atoms with Gasteiger partial charge in [-0.25, -0.2) is 4.79 Å². The highest BCUT2D eigenvalue weighted by atomic mass is 16.4. The molecular formula is C8H11NO3. The van der Waals surface area contributed by atoms with Gasteiger partial charge >= 0.3 is 5.97 Å². The smallest absolute Gasteiger partial charge is 0.328 e. The molecule has 1 rings (SSSR count). The van der Waals surface area contributed by atoms with Gasteiger partial charge in [0.1, 0.15) is 0 Å². The van der Waals surface area contributed by atoms with Crippen molar-refractivity contribution in [3.63, 3.8) is 0 Å². The molecule has 1 aliphatic carbocycles. The third-order valence-electron chi connectivity index (χ3n) is 1.81. The number of hydrogen-bond acceptors (Lipinski definition) is 2. The third-order valence-corrected chi connectivity index (χ3v) is 1.81. The first-order valence-corrected chi connectivity index (χ1v) is 3.79. The zero-order valence-electron chi connectivity index (χ0n) is 6.86. The van der Waals surface area contributed by atoms with Crippen molar-refractivity contribution in [1.29, 1.82) is 0 Å². The van der Waals surface area contributed by atoms with Gasteiger partial charge in [0, 0.05) is 25.2 Å².